The van der Waals surface area contributed by atoms with E-state index in [0.29, 0.717) is 17.3 Å². The van der Waals surface area contributed by atoms with Gasteiger partial charge in [0.2, 0.25) is 10.0 Å². The molecule has 2 aromatic rings. The maximum atomic E-state index is 12.1. The number of nitrogens with zero attached hydrogens (tertiary/aromatic N) is 2. The summed E-state index contributed by atoms with van der Waals surface area (Å²) in [5.74, 6) is 0.135. The van der Waals surface area contributed by atoms with Crippen molar-refractivity contribution in [2.45, 2.75) is 25.5 Å². The molecule has 0 saturated heterocycles. The van der Waals surface area contributed by atoms with Gasteiger partial charge in [0.1, 0.15) is 11.9 Å². The summed E-state index contributed by atoms with van der Waals surface area (Å²) in [6.45, 7) is 1.75. The number of H-pyrrole nitrogens is 1. The van der Waals surface area contributed by atoms with Gasteiger partial charge in [-0.2, -0.15) is 0 Å². The van der Waals surface area contributed by atoms with Gasteiger partial charge in [-0.1, -0.05) is 17.3 Å². The minimum Gasteiger partial charge on any atom is -0.486 e. The van der Waals surface area contributed by atoms with Gasteiger partial charge in [0.25, 0.3) is 0 Å². The van der Waals surface area contributed by atoms with Gasteiger partial charge >= 0.3 is 5.76 Å². The average Bonchev–Trinajstić information content (AvgIpc) is 2.83. The number of sulfonamides is 1. The number of rotatable bonds is 3. The molecule has 9 heteroatoms. The zero-order chi connectivity index (χ0) is 15.9. The lowest BCUT2D eigenvalue weighted by atomic mass is 10.1. The first-order valence-corrected chi connectivity index (χ1v) is 8.51. The molecule has 0 radical (unpaired) electrons. The summed E-state index contributed by atoms with van der Waals surface area (Å²) < 4.78 is 35.9. The van der Waals surface area contributed by atoms with Crippen LogP contribution in [0.3, 0.4) is 0 Å². The Bertz CT molecular complexity index is 841. The van der Waals surface area contributed by atoms with Gasteiger partial charge in [-0.25, -0.2) is 13.2 Å². The number of anilines is 1. The topological polar surface area (TPSA) is 106 Å². The molecule has 0 spiro atoms. The Hall–Kier alpha value is -2.29. The maximum Gasteiger partial charge on any atom is 0.438 e. The second kappa shape index (κ2) is 5.16. The number of aromatic nitrogens is 2. The van der Waals surface area contributed by atoms with Crippen molar-refractivity contribution < 1.29 is 17.7 Å². The summed E-state index contributed by atoms with van der Waals surface area (Å²) in [7, 11) is -3.47. The Morgan fingerprint density at radius 2 is 2.09 bits per heavy atom. The first-order valence-electron chi connectivity index (χ1n) is 6.66. The van der Waals surface area contributed by atoms with E-state index >= 15 is 0 Å². The van der Waals surface area contributed by atoms with Gasteiger partial charge < -0.3 is 4.74 Å². The van der Waals surface area contributed by atoms with Crippen LogP contribution in [-0.2, 0) is 16.4 Å². The van der Waals surface area contributed by atoms with Crippen LogP contribution in [0, 0.1) is 0 Å². The number of ether oxygens (including phenoxy) is 1. The van der Waals surface area contributed by atoms with Gasteiger partial charge in [0, 0.05) is 6.42 Å². The van der Waals surface area contributed by atoms with E-state index in [2.05, 4.69) is 14.7 Å². The lowest BCUT2D eigenvalue weighted by Gasteiger charge is -2.39. The molecule has 0 saturated carbocycles. The Morgan fingerprint density at radius 1 is 1.36 bits per heavy atom. The molecule has 118 valence electrons. The number of aromatic amines is 1. The van der Waals surface area contributed by atoms with Crippen molar-refractivity contribution >= 4 is 15.7 Å². The van der Waals surface area contributed by atoms with Crippen LogP contribution in [-0.4, -0.2) is 37.0 Å². The molecule has 8 nitrogen and oxygen atoms in total. The molecule has 1 aliphatic rings. The summed E-state index contributed by atoms with van der Waals surface area (Å²) in [4.78, 5) is 13.4. The van der Waals surface area contributed by atoms with Gasteiger partial charge in [-0.3, -0.25) is 13.8 Å². The van der Waals surface area contributed by atoms with Crippen LogP contribution in [0.4, 0.5) is 5.69 Å². The molecule has 3 rings (SSSR count). The van der Waals surface area contributed by atoms with Gasteiger partial charge in [-0.15, -0.1) is 0 Å². The van der Waals surface area contributed by atoms with Crippen LogP contribution in [0.2, 0.25) is 0 Å². The second-order valence-corrected chi connectivity index (χ2v) is 7.03. The highest BCUT2D eigenvalue weighted by Gasteiger charge is 2.38. The highest BCUT2D eigenvalue weighted by Crippen LogP contribution is 2.38. The van der Waals surface area contributed by atoms with Crippen LogP contribution < -0.4 is 14.8 Å². The second-order valence-electron chi connectivity index (χ2n) is 5.17. The van der Waals surface area contributed by atoms with E-state index in [-0.39, 0.29) is 6.42 Å². The van der Waals surface area contributed by atoms with Crippen molar-refractivity contribution in [3.63, 3.8) is 0 Å². The molecule has 2 heterocycles. The Kier molecular flexibility index (Phi) is 3.44. The SMILES string of the molecule is C[C@@H]1[C@H](Cc2noc(=O)[nH]2)Oc2ccccc2N1S(C)(=O)=O. The van der Waals surface area contributed by atoms with E-state index in [4.69, 9.17) is 4.74 Å². The Balaban J connectivity index is 1.99. The molecule has 0 aliphatic carbocycles. The van der Waals surface area contributed by atoms with Crippen LogP contribution in [0.25, 0.3) is 0 Å². The average molecular weight is 325 g/mol. The fourth-order valence-corrected chi connectivity index (χ4v) is 3.85. The lowest BCUT2D eigenvalue weighted by molar-refractivity contribution is 0.163. The van der Waals surface area contributed by atoms with E-state index in [1.54, 1.807) is 31.2 Å². The van der Waals surface area contributed by atoms with Crippen molar-refractivity contribution in [2.75, 3.05) is 10.6 Å². The molecule has 0 unspecified atom stereocenters. The normalized spacial score (nSPS) is 21.3. The van der Waals surface area contributed by atoms with Crippen molar-refractivity contribution in [3.8, 4) is 5.75 Å². The Morgan fingerprint density at radius 3 is 2.73 bits per heavy atom. The van der Waals surface area contributed by atoms with Crippen LogP contribution in [0.1, 0.15) is 12.7 Å². The number of nitrogens with one attached hydrogen (secondary N) is 1. The van der Waals surface area contributed by atoms with Crippen molar-refractivity contribution in [1.29, 1.82) is 0 Å². The molecule has 22 heavy (non-hydrogen) atoms. The van der Waals surface area contributed by atoms with Gasteiger partial charge in [0.05, 0.1) is 18.0 Å². The highest BCUT2D eigenvalue weighted by molar-refractivity contribution is 7.92. The summed E-state index contributed by atoms with van der Waals surface area (Å²) >= 11 is 0. The Labute approximate surface area is 126 Å². The summed E-state index contributed by atoms with van der Waals surface area (Å²) in [6, 6.07) is 6.47. The summed E-state index contributed by atoms with van der Waals surface area (Å²) in [5, 5.41) is 3.60. The third-order valence-corrected chi connectivity index (χ3v) is 4.77. The lowest BCUT2D eigenvalue weighted by Crippen LogP contribution is -2.51. The zero-order valence-electron chi connectivity index (χ0n) is 12.0. The predicted octanol–water partition coefficient (Wildman–Crippen LogP) is 0.521. The number of hydrogen-bond donors (Lipinski definition) is 1. The number of para-hydroxylation sites is 2. The molecule has 1 aliphatic heterocycles. The monoisotopic (exact) mass is 325 g/mol. The van der Waals surface area contributed by atoms with Crippen molar-refractivity contribution in [1.82, 2.24) is 10.1 Å². The van der Waals surface area contributed by atoms with Crippen LogP contribution in [0.15, 0.2) is 33.6 Å². The van der Waals surface area contributed by atoms with Crippen molar-refractivity contribution in [2.24, 2.45) is 0 Å². The molecule has 0 amide bonds. The number of benzene rings is 1. The minimum absolute atomic E-state index is 0.229. The predicted molar refractivity (Wildman–Crippen MR) is 78.5 cm³/mol. The molecule has 1 N–H and O–H groups in total. The summed E-state index contributed by atoms with van der Waals surface area (Å²) in [5.41, 5.74) is 0.502. The van der Waals surface area contributed by atoms with Crippen molar-refractivity contribution in [3.05, 3.63) is 40.6 Å². The largest absolute Gasteiger partial charge is 0.486 e. The van der Waals surface area contributed by atoms with E-state index in [9.17, 15) is 13.2 Å². The smallest absolute Gasteiger partial charge is 0.438 e. The van der Waals surface area contributed by atoms with Crippen LogP contribution in [0.5, 0.6) is 5.75 Å². The zero-order valence-corrected chi connectivity index (χ0v) is 12.8. The molecule has 0 fully saturated rings. The molecular weight excluding hydrogens is 310 g/mol. The third kappa shape index (κ3) is 2.59. The quantitative estimate of drug-likeness (QED) is 0.882. The van der Waals surface area contributed by atoms with Gasteiger partial charge in [-0.05, 0) is 19.1 Å². The standard InChI is InChI=1S/C13H15N3O5S/c1-8-11(7-12-14-13(17)21-15-12)20-10-6-4-3-5-9(10)16(8)22(2,18)19/h3-6,8,11H,7H2,1-2H3,(H,14,15,17)/t8-,11+/m1/s1. The number of hydrogen-bond acceptors (Lipinski definition) is 6. The molecule has 0 bridgehead atoms. The van der Waals surface area contributed by atoms with Crippen LogP contribution >= 0.6 is 0 Å². The molecular formula is C13H15N3O5S. The molecule has 1 aromatic carbocycles. The minimum atomic E-state index is -3.47. The van der Waals surface area contributed by atoms with Gasteiger partial charge in [0.15, 0.2) is 5.82 Å². The van der Waals surface area contributed by atoms with E-state index in [1.807, 2.05) is 0 Å². The van der Waals surface area contributed by atoms with E-state index in [0.717, 1.165) is 6.26 Å². The number of fused-ring (bicyclic) bond motifs is 1. The first-order chi connectivity index (χ1) is 10.4. The highest BCUT2D eigenvalue weighted by atomic mass is 32.2. The van der Waals surface area contributed by atoms with E-state index < -0.39 is 27.9 Å². The first kappa shape index (κ1) is 14.6. The fourth-order valence-electron chi connectivity index (χ4n) is 2.60. The fraction of sp³-hybridized carbons (Fsp3) is 0.385. The summed E-state index contributed by atoms with van der Waals surface area (Å²) in [6.07, 6.45) is 0.888. The molecule has 2 atom stereocenters. The maximum absolute atomic E-state index is 12.1. The third-order valence-electron chi connectivity index (χ3n) is 3.53. The molecule has 1 aromatic heterocycles. The van der Waals surface area contributed by atoms with E-state index in [1.165, 1.54) is 4.31 Å².